The first-order valence-electron chi connectivity index (χ1n) is 6.85. The van der Waals surface area contributed by atoms with Crippen molar-refractivity contribution in [1.82, 2.24) is 4.98 Å². The summed E-state index contributed by atoms with van der Waals surface area (Å²) in [5.41, 5.74) is 0.208. The Balaban J connectivity index is 2.03. The maximum Gasteiger partial charge on any atom is 0.417 e. The summed E-state index contributed by atoms with van der Waals surface area (Å²) in [4.78, 5) is 4.24. The van der Waals surface area contributed by atoms with E-state index in [4.69, 9.17) is 4.74 Å². The van der Waals surface area contributed by atoms with Crippen LogP contribution < -0.4 is 10.1 Å². The summed E-state index contributed by atoms with van der Waals surface area (Å²) < 4.78 is 44.8. The van der Waals surface area contributed by atoms with Crippen LogP contribution in [0.2, 0.25) is 0 Å². The quantitative estimate of drug-likeness (QED) is 0.737. The van der Waals surface area contributed by atoms with E-state index in [9.17, 15) is 13.2 Å². The number of hydrogen-bond donors (Lipinski definition) is 1. The second-order valence-electron chi connectivity index (χ2n) is 4.92. The first kappa shape index (κ1) is 15.1. The van der Waals surface area contributed by atoms with Crippen LogP contribution in [0.25, 0.3) is 10.9 Å². The number of para-hydroxylation sites is 1. The van der Waals surface area contributed by atoms with Crippen molar-refractivity contribution < 1.29 is 17.9 Å². The number of anilines is 2. The van der Waals surface area contributed by atoms with Crippen LogP contribution >= 0.6 is 0 Å². The van der Waals surface area contributed by atoms with Crippen LogP contribution in [0.15, 0.2) is 54.6 Å². The van der Waals surface area contributed by atoms with Gasteiger partial charge in [-0.2, -0.15) is 13.2 Å². The number of pyridine rings is 1. The molecule has 0 aliphatic heterocycles. The fourth-order valence-corrected chi connectivity index (χ4v) is 2.30. The highest BCUT2D eigenvalue weighted by atomic mass is 19.4. The van der Waals surface area contributed by atoms with Crippen molar-refractivity contribution in [3.05, 3.63) is 60.2 Å². The lowest BCUT2D eigenvalue weighted by Crippen LogP contribution is -2.08. The molecule has 0 radical (unpaired) electrons. The predicted octanol–water partition coefficient (Wildman–Crippen LogP) is 5.01. The third-order valence-electron chi connectivity index (χ3n) is 3.38. The molecule has 23 heavy (non-hydrogen) atoms. The van der Waals surface area contributed by atoms with Gasteiger partial charge in [-0.25, -0.2) is 4.98 Å². The number of benzene rings is 2. The smallest absolute Gasteiger partial charge is 0.417 e. The first-order chi connectivity index (χ1) is 11.0. The third kappa shape index (κ3) is 3.21. The molecular weight excluding hydrogens is 305 g/mol. The molecule has 0 saturated carbocycles. The van der Waals surface area contributed by atoms with Crippen LogP contribution in [-0.2, 0) is 6.18 Å². The zero-order valence-electron chi connectivity index (χ0n) is 12.2. The van der Waals surface area contributed by atoms with Gasteiger partial charge in [0.1, 0.15) is 11.6 Å². The molecular formula is C17H13F3N2O. The number of hydrogen-bond acceptors (Lipinski definition) is 3. The molecule has 0 aliphatic rings. The standard InChI is InChI=1S/C17H13F3N2O/c1-23-12-8-6-11(7-9-12)21-16-10-14(17(18,19)20)13-4-2-3-5-15(13)22-16/h2-10H,1H3,(H,21,22). The van der Waals surface area contributed by atoms with Gasteiger partial charge in [-0.05, 0) is 36.4 Å². The summed E-state index contributed by atoms with van der Waals surface area (Å²) in [6.45, 7) is 0. The molecule has 2 aromatic carbocycles. The van der Waals surface area contributed by atoms with Crippen molar-refractivity contribution in [3.63, 3.8) is 0 Å². The van der Waals surface area contributed by atoms with Gasteiger partial charge >= 0.3 is 6.18 Å². The van der Waals surface area contributed by atoms with Gasteiger partial charge in [0.2, 0.25) is 0 Å². The first-order valence-corrected chi connectivity index (χ1v) is 6.85. The minimum absolute atomic E-state index is 0.0836. The SMILES string of the molecule is COc1ccc(Nc2cc(C(F)(F)F)c3ccccc3n2)cc1. The Morgan fingerprint density at radius 2 is 1.70 bits per heavy atom. The number of methoxy groups -OCH3 is 1. The Morgan fingerprint density at radius 3 is 2.35 bits per heavy atom. The van der Waals surface area contributed by atoms with Crippen LogP contribution in [0, 0.1) is 0 Å². The number of nitrogens with one attached hydrogen (secondary N) is 1. The molecule has 0 amide bonds. The predicted molar refractivity (Wildman–Crippen MR) is 83.0 cm³/mol. The maximum absolute atomic E-state index is 13.3. The molecule has 1 N–H and O–H groups in total. The molecule has 3 nitrogen and oxygen atoms in total. The van der Waals surface area contributed by atoms with Gasteiger partial charge in [0, 0.05) is 11.1 Å². The minimum atomic E-state index is -4.45. The summed E-state index contributed by atoms with van der Waals surface area (Å²) in [5, 5.41) is 2.98. The Kier molecular flexibility index (Phi) is 3.82. The van der Waals surface area contributed by atoms with E-state index in [1.165, 1.54) is 6.07 Å². The normalized spacial score (nSPS) is 11.5. The second-order valence-corrected chi connectivity index (χ2v) is 4.92. The molecule has 3 aromatic rings. The summed E-state index contributed by atoms with van der Waals surface area (Å²) in [7, 11) is 1.54. The number of alkyl halides is 3. The Labute approximate surface area is 130 Å². The minimum Gasteiger partial charge on any atom is -0.497 e. The molecule has 0 spiro atoms. The number of fused-ring (bicyclic) bond motifs is 1. The van der Waals surface area contributed by atoms with Crippen molar-refractivity contribution in [2.24, 2.45) is 0 Å². The van der Waals surface area contributed by atoms with Gasteiger partial charge in [0.05, 0.1) is 18.2 Å². The molecule has 0 fully saturated rings. The number of halogens is 3. The lowest BCUT2D eigenvalue weighted by molar-refractivity contribution is -0.136. The Morgan fingerprint density at radius 1 is 1.00 bits per heavy atom. The van der Waals surface area contributed by atoms with Crippen LogP contribution in [-0.4, -0.2) is 12.1 Å². The van der Waals surface area contributed by atoms with Crippen LogP contribution in [0.1, 0.15) is 5.56 Å². The molecule has 3 rings (SSSR count). The molecule has 0 bridgehead atoms. The maximum atomic E-state index is 13.3. The average molecular weight is 318 g/mol. The number of rotatable bonds is 3. The van der Waals surface area contributed by atoms with Crippen molar-refractivity contribution in [2.75, 3.05) is 12.4 Å². The molecule has 0 aliphatic carbocycles. The second kappa shape index (κ2) is 5.79. The van der Waals surface area contributed by atoms with Crippen molar-refractivity contribution in [3.8, 4) is 5.75 Å². The van der Waals surface area contributed by atoms with E-state index < -0.39 is 11.7 Å². The summed E-state index contributed by atoms with van der Waals surface area (Å²) in [6, 6.07) is 14.1. The molecule has 1 heterocycles. The van der Waals surface area contributed by atoms with Crippen LogP contribution in [0.3, 0.4) is 0 Å². The summed E-state index contributed by atoms with van der Waals surface area (Å²) in [6.07, 6.45) is -4.45. The zero-order valence-corrected chi connectivity index (χ0v) is 12.2. The van der Waals surface area contributed by atoms with Crippen LogP contribution in [0.4, 0.5) is 24.7 Å². The Hall–Kier alpha value is -2.76. The molecule has 0 saturated heterocycles. The lowest BCUT2D eigenvalue weighted by atomic mass is 10.1. The average Bonchev–Trinajstić information content (AvgIpc) is 2.54. The number of nitrogens with zero attached hydrogens (tertiary/aromatic N) is 1. The van der Waals surface area contributed by atoms with Gasteiger partial charge in [-0.1, -0.05) is 18.2 Å². The van der Waals surface area contributed by atoms with Gasteiger partial charge in [0.15, 0.2) is 0 Å². The highest BCUT2D eigenvalue weighted by Crippen LogP contribution is 2.36. The van der Waals surface area contributed by atoms with E-state index >= 15 is 0 Å². The van der Waals surface area contributed by atoms with Crippen molar-refractivity contribution >= 4 is 22.4 Å². The largest absolute Gasteiger partial charge is 0.497 e. The fraction of sp³-hybridized carbons (Fsp3) is 0.118. The highest BCUT2D eigenvalue weighted by molar-refractivity contribution is 5.85. The molecule has 0 atom stereocenters. The summed E-state index contributed by atoms with van der Waals surface area (Å²) >= 11 is 0. The fourth-order valence-electron chi connectivity index (χ4n) is 2.30. The summed E-state index contributed by atoms with van der Waals surface area (Å²) in [5.74, 6) is 0.805. The van der Waals surface area contributed by atoms with Crippen LogP contribution in [0.5, 0.6) is 5.75 Å². The number of aromatic nitrogens is 1. The van der Waals surface area contributed by atoms with Gasteiger partial charge in [-0.3, -0.25) is 0 Å². The molecule has 1 aromatic heterocycles. The van der Waals surface area contributed by atoms with Gasteiger partial charge in [0.25, 0.3) is 0 Å². The molecule has 118 valence electrons. The van der Waals surface area contributed by atoms with E-state index in [2.05, 4.69) is 10.3 Å². The third-order valence-corrected chi connectivity index (χ3v) is 3.38. The van der Waals surface area contributed by atoms with E-state index in [1.807, 2.05) is 0 Å². The monoisotopic (exact) mass is 318 g/mol. The molecule has 6 heteroatoms. The highest BCUT2D eigenvalue weighted by Gasteiger charge is 2.33. The zero-order chi connectivity index (χ0) is 16.4. The number of ether oxygens (including phenoxy) is 1. The van der Waals surface area contributed by atoms with E-state index in [0.29, 0.717) is 17.0 Å². The van der Waals surface area contributed by atoms with E-state index in [-0.39, 0.29) is 11.2 Å². The molecule has 0 unspecified atom stereocenters. The van der Waals surface area contributed by atoms with Crippen molar-refractivity contribution in [1.29, 1.82) is 0 Å². The van der Waals surface area contributed by atoms with Gasteiger partial charge in [-0.15, -0.1) is 0 Å². The van der Waals surface area contributed by atoms with E-state index in [1.54, 1.807) is 49.6 Å². The van der Waals surface area contributed by atoms with Crippen molar-refractivity contribution in [2.45, 2.75) is 6.18 Å². The topological polar surface area (TPSA) is 34.1 Å². The Bertz CT molecular complexity index is 829. The lowest BCUT2D eigenvalue weighted by Gasteiger charge is -2.13. The van der Waals surface area contributed by atoms with E-state index in [0.717, 1.165) is 6.07 Å². The van der Waals surface area contributed by atoms with Gasteiger partial charge < -0.3 is 10.1 Å².